The number of alkyl halides is 5. The molecule has 0 radical (unpaired) electrons. The van der Waals surface area contributed by atoms with Gasteiger partial charge in [0.2, 0.25) is 0 Å². The van der Waals surface area contributed by atoms with Gasteiger partial charge in [-0.3, -0.25) is 9.58 Å². The van der Waals surface area contributed by atoms with Gasteiger partial charge in [0.05, 0.1) is 12.3 Å². The summed E-state index contributed by atoms with van der Waals surface area (Å²) >= 11 is 0. The van der Waals surface area contributed by atoms with Gasteiger partial charge < -0.3 is 9.47 Å². The van der Waals surface area contributed by atoms with E-state index in [4.69, 9.17) is 4.74 Å². The minimum Gasteiger partial charge on any atom is -0.402 e. The van der Waals surface area contributed by atoms with E-state index in [-0.39, 0.29) is 23.0 Å². The van der Waals surface area contributed by atoms with E-state index >= 15 is 0 Å². The standard InChI is InChI=1S/C23H26F5N5O2/c1-29-22-19(35-23(26,27)28)9-14(11-30-22)16-10-18(33(31-16)12-20(24)25)21-13-7-15(21)17(8-13)32-3-2-5-34-6-4-32/h9-11,13,15,17,20-21H,1-8,12H2/t13-,15?,17-,21-/m0/s1. The van der Waals surface area contributed by atoms with E-state index in [1.54, 1.807) is 6.07 Å². The van der Waals surface area contributed by atoms with Gasteiger partial charge in [-0.1, -0.05) is 0 Å². The van der Waals surface area contributed by atoms with Crippen LogP contribution in [0.1, 0.15) is 30.9 Å². The maximum absolute atomic E-state index is 13.4. The zero-order valence-corrected chi connectivity index (χ0v) is 18.9. The number of hydrogen-bond donors (Lipinski definition) is 0. The molecule has 6 rings (SSSR count). The number of ether oxygens (including phenoxy) is 2. The molecule has 0 N–H and O–H groups in total. The Morgan fingerprint density at radius 3 is 2.77 bits per heavy atom. The van der Waals surface area contributed by atoms with Crippen molar-refractivity contribution in [1.82, 2.24) is 19.7 Å². The molecule has 1 saturated heterocycles. The van der Waals surface area contributed by atoms with Crippen LogP contribution in [-0.2, 0) is 11.3 Å². The summed E-state index contributed by atoms with van der Waals surface area (Å²) in [5, 5.41) is 4.35. The minimum atomic E-state index is -4.95. The Bertz CT molecular complexity index is 1070. The fourth-order valence-corrected chi connectivity index (χ4v) is 5.91. The molecular formula is C23H26F5N5O2. The van der Waals surface area contributed by atoms with Crippen LogP contribution in [0, 0.1) is 11.8 Å². The number of nitrogens with zero attached hydrogens (tertiary/aromatic N) is 5. The molecule has 0 aromatic carbocycles. The van der Waals surface area contributed by atoms with Crippen LogP contribution in [-0.4, -0.2) is 71.5 Å². The maximum atomic E-state index is 13.4. The first-order valence-electron chi connectivity index (χ1n) is 11.6. The second-order valence-corrected chi connectivity index (χ2v) is 9.27. The van der Waals surface area contributed by atoms with Crippen LogP contribution in [0.4, 0.5) is 27.8 Å². The van der Waals surface area contributed by atoms with Gasteiger partial charge in [-0.2, -0.15) is 5.10 Å². The average Bonchev–Trinajstić information content (AvgIpc) is 3.41. The summed E-state index contributed by atoms with van der Waals surface area (Å²) < 4.78 is 76.3. The molecule has 2 bridgehead atoms. The van der Waals surface area contributed by atoms with Gasteiger partial charge in [-0.25, -0.2) is 18.8 Å². The predicted octanol–water partition coefficient (Wildman–Crippen LogP) is 4.66. The lowest BCUT2D eigenvalue weighted by molar-refractivity contribution is -0.274. The largest absolute Gasteiger partial charge is 0.573 e. The summed E-state index contributed by atoms with van der Waals surface area (Å²) in [6.45, 7) is 5.89. The number of aromatic nitrogens is 3. The van der Waals surface area contributed by atoms with Crippen molar-refractivity contribution in [3.05, 3.63) is 24.0 Å². The van der Waals surface area contributed by atoms with Crippen LogP contribution in [0.2, 0.25) is 0 Å². The Morgan fingerprint density at radius 1 is 1.20 bits per heavy atom. The number of rotatable bonds is 7. The molecule has 3 saturated carbocycles. The van der Waals surface area contributed by atoms with Crippen molar-refractivity contribution < 1.29 is 31.4 Å². The quantitative estimate of drug-likeness (QED) is 0.410. The van der Waals surface area contributed by atoms with Gasteiger partial charge in [-0.05, 0) is 49.9 Å². The second-order valence-electron chi connectivity index (χ2n) is 9.27. The van der Waals surface area contributed by atoms with Gasteiger partial charge in [0.15, 0.2) is 11.6 Å². The Hall–Kier alpha value is -2.60. The summed E-state index contributed by atoms with van der Waals surface area (Å²) in [6, 6.07) is 3.19. The fraction of sp³-hybridized carbons (Fsp3) is 0.609. The van der Waals surface area contributed by atoms with Crippen molar-refractivity contribution in [3.63, 3.8) is 0 Å². The van der Waals surface area contributed by atoms with E-state index in [0.29, 0.717) is 30.2 Å². The van der Waals surface area contributed by atoms with Crippen molar-refractivity contribution in [2.75, 3.05) is 26.3 Å². The van der Waals surface area contributed by atoms with Gasteiger partial charge in [0.1, 0.15) is 6.54 Å². The van der Waals surface area contributed by atoms with Crippen molar-refractivity contribution in [1.29, 1.82) is 0 Å². The highest BCUT2D eigenvalue weighted by molar-refractivity contribution is 5.65. The summed E-state index contributed by atoms with van der Waals surface area (Å²) in [6.07, 6.45) is -3.27. The number of pyridine rings is 1. The summed E-state index contributed by atoms with van der Waals surface area (Å²) in [4.78, 5) is 9.81. The Morgan fingerprint density at radius 2 is 2.03 bits per heavy atom. The lowest BCUT2D eigenvalue weighted by Crippen LogP contribution is -2.41. The zero-order valence-electron chi connectivity index (χ0n) is 18.9. The third-order valence-electron chi connectivity index (χ3n) is 7.28. The summed E-state index contributed by atoms with van der Waals surface area (Å²) in [5.41, 5.74) is 1.18. The molecule has 0 amide bonds. The molecule has 1 aliphatic heterocycles. The van der Waals surface area contributed by atoms with Crippen molar-refractivity contribution in [3.8, 4) is 17.0 Å². The Kier molecular flexibility index (Phi) is 6.51. The van der Waals surface area contributed by atoms with E-state index in [0.717, 1.165) is 45.0 Å². The highest BCUT2D eigenvalue weighted by Gasteiger charge is 2.56. The van der Waals surface area contributed by atoms with E-state index in [9.17, 15) is 22.0 Å². The van der Waals surface area contributed by atoms with E-state index in [1.165, 1.54) is 10.9 Å². The molecule has 190 valence electrons. The second kappa shape index (κ2) is 9.45. The molecule has 0 spiro atoms. The van der Waals surface area contributed by atoms with E-state index in [2.05, 4.69) is 31.4 Å². The molecule has 1 unspecified atom stereocenters. The zero-order chi connectivity index (χ0) is 24.7. The smallest absolute Gasteiger partial charge is 0.402 e. The lowest BCUT2D eigenvalue weighted by Gasteiger charge is -2.39. The molecule has 3 heterocycles. The van der Waals surface area contributed by atoms with Crippen LogP contribution >= 0.6 is 0 Å². The normalized spacial score (nSPS) is 27.0. The predicted molar refractivity (Wildman–Crippen MR) is 117 cm³/mol. The summed E-state index contributed by atoms with van der Waals surface area (Å²) in [7, 11) is 0. The Balaban J connectivity index is 1.45. The third-order valence-corrected chi connectivity index (χ3v) is 7.28. The van der Waals surface area contributed by atoms with Gasteiger partial charge in [0, 0.05) is 49.1 Å². The van der Waals surface area contributed by atoms with Crippen LogP contribution in [0.3, 0.4) is 0 Å². The van der Waals surface area contributed by atoms with Crippen molar-refractivity contribution >= 4 is 12.5 Å². The SMILES string of the molecule is C=Nc1ncc(-c2cc([C@@H]3C4C[C@H]3C[C@@H]4N3CCCOCC3)n(CC(F)F)n2)cc1OC(F)(F)F. The van der Waals surface area contributed by atoms with E-state index in [1.807, 2.05) is 0 Å². The number of hydrogen-bond acceptors (Lipinski definition) is 6. The number of fused-ring (bicyclic) bond motifs is 1. The molecule has 12 heteroatoms. The van der Waals surface area contributed by atoms with Crippen LogP contribution in [0.25, 0.3) is 11.3 Å². The monoisotopic (exact) mass is 499 g/mol. The van der Waals surface area contributed by atoms with Crippen molar-refractivity contribution in [2.45, 2.75) is 50.6 Å². The van der Waals surface area contributed by atoms with E-state index < -0.39 is 25.1 Å². The van der Waals surface area contributed by atoms with Crippen molar-refractivity contribution in [2.24, 2.45) is 16.8 Å². The first-order valence-corrected chi connectivity index (χ1v) is 11.6. The highest BCUT2D eigenvalue weighted by Crippen LogP contribution is 2.60. The topological polar surface area (TPSA) is 64.8 Å². The van der Waals surface area contributed by atoms with Gasteiger partial charge in [-0.15, -0.1) is 13.2 Å². The van der Waals surface area contributed by atoms with Crippen LogP contribution in [0.5, 0.6) is 5.75 Å². The first kappa shape index (κ1) is 24.1. The highest BCUT2D eigenvalue weighted by atomic mass is 19.4. The van der Waals surface area contributed by atoms with Gasteiger partial charge >= 0.3 is 6.36 Å². The maximum Gasteiger partial charge on any atom is 0.573 e. The molecule has 2 aromatic rings. The van der Waals surface area contributed by atoms with Gasteiger partial charge in [0.25, 0.3) is 6.43 Å². The molecule has 4 atom stereocenters. The van der Waals surface area contributed by atoms with Crippen LogP contribution < -0.4 is 4.74 Å². The molecular weight excluding hydrogens is 473 g/mol. The Labute approximate surface area is 198 Å². The molecule has 3 aliphatic carbocycles. The summed E-state index contributed by atoms with van der Waals surface area (Å²) in [5.74, 6) is -0.169. The number of aliphatic imine (C=N–C) groups is 1. The lowest BCUT2D eigenvalue weighted by atomic mass is 9.69. The molecule has 35 heavy (non-hydrogen) atoms. The first-order chi connectivity index (χ1) is 16.7. The molecule has 4 fully saturated rings. The molecule has 4 aliphatic rings. The third kappa shape index (κ3) is 4.90. The van der Waals surface area contributed by atoms with Crippen LogP contribution in [0.15, 0.2) is 23.3 Å². The average molecular weight is 499 g/mol. The fourth-order valence-electron chi connectivity index (χ4n) is 5.91. The molecule has 7 nitrogen and oxygen atoms in total. The molecule has 2 aromatic heterocycles. The minimum absolute atomic E-state index is 0.0807. The number of halogens is 5.